The number of carboxylic acids is 1. The summed E-state index contributed by atoms with van der Waals surface area (Å²) in [6, 6.07) is 3.44. The van der Waals surface area contributed by atoms with Gasteiger partial charge in [0.2, 0.25) is 0 Å². The Hall–Kier alpha value is -1.46. The van der Waals surface area contributed by atoms with Gasteiger partial charge >= 0.3 is 5.97 Å². The Kier molecular flexibility index (Phi) is 3.71. The van der Waals surface area contributed by atoms with Crippen LogP contribution in [0.1, 0.15) is 5.56 Å². The first-order valence-electron chi connectivity index (χ1n) is 5.71. The number of aliphatic carboxylic acids is 1. The van der Waals surface area contributed by atoms with E-state index in [1.807, 2.05) is 24.1 Å². The molecule has 0 spiro atoms. The summed E-state index contributed by atoms with van der Waals surface area (Å²) in [4.78, 5) is 19.3. The van der Waals surface area contributed by atoms with Crippen molar-refractivity contribution in [2.24, 2.45) is 0 Å². The first-order chi connectivity index (χ1) is 8.16. The van der Waals surface area contributed by atoms with Gasteiger partial charge in [0.25, 0.3) is 0 Å². The van der Waals surface area contributed by atoms with Gasteiger partial charge in [-0.15, -0.1) is 0 Å². The Balaban J connectivity index is 2.06. The molecule has 17 heavy (non-hydrogen) atoms. The Labute approximate surface area is 101 Å². The SMILES string of the molecule is CN1CCN(Cc2ccncc2)C(C(=O)O)C1. The number of hydrogen-bond acceptors (Lipinski definition) is 4. The molecule has 0 aliphatic carbocycles. The van der Waals surface area contributed by atoms with E-state index >= 15 is 0 Å². The lowest BCUT2D eigenvalue weighted by molar-refractivity contribution is -0.145. The van der Waals surface area contributed by atoms with E-state index in [0.717, 1.165) is 18.7 Å². The normalized spacial score (nSPS) is 22.5. The van der Waals surface area contributed by atoms with Crippen molar-refractivity contribution < 1.29 is 9.90 Å². The summed E-state index contributed by atoms with van der Waals surface area (Å²) in [5.41, 5.74) is 1.11. The Morgan fingerprint density at radius 1 is 1.47 bits per heavy atom. The summed E-state index contributed by atoms with van der Waals surface area (Å²) in [6.07, 6.45) is 3.47. The molecule has 5 heteroatoms. The van der Waals surface area contributed by atoms with Crippen LogP contribution in [0.3, 0.4) is 0 Å². The van der Waals surface area contributed by atoms with Crippen LogP contribution in [0.2, 0.25) is 0 Å². The number of piperazine rings is 1. The highest BCUT2D eigenvalue weighted by molar-refractivity contribution is 5.74. The lowest BCUT2D eigenvalue weighted by Crippen LogP contribution is -2.54. The zero-order chi connectivity index (χ0) is 12.3. The fourth-order valence-corrected chi connectivity index (χ4v) is 2.10. The van der Waals surface area contributed by atoms with Crippen LogP contribution < -0.4 is 0 Å². The molecular formula is C12H17N3O2. The predicted molar refractivity (Wildman–Crippen MR) is 63.6 cm³/mol. The van der Waals surface area contributed by atoms with Crippen LogP contribution in [-0.4, -0.2) is 58.6 Å². The van der Waals surface area contributed by atoms with E-state index in [0.29, 0.717) is 13.1 Å². The van der Waals surface area contributed by atoms with E-state index in [-0.39, 0.29) is 0 Å². The van der Waals surface area contributed by atoms with E-state index < -0.39 is 12.0 Å². The van der Waals surface area contributed by atoms with Gasteiger partial charge < -0.3 is 10.0 Å². The predicted octanol–water partition coefficient (Wildman–Crippen LogP) is 0.282. The first kappa shape index (κ1) is 12.0. The number of carbonyl (C=O) groups is 1. The monoisotopic (exact) mass is 235 g/mol. The van der Waals surface area contributed by atoms with Crippen LogP contribution >= 0.6 is 0 Å². The van der Waals surface area contributed by atoms with Crippen molar-refractivity contribution in [3.8, 4) is 0 Å². The molecule has 0 saturated carbocycles. The summed E-state index contributed by atoms with van der Waals surface area (Å²) < 4.78 is 0. The topological polar surface area (TPSA) is 56.7 Å². The average molecular weight is 235 g/mol. The quantitative estimate of drug-likeness (QED) is 0.815. The molecule has 1 fully saturated rings. The van der Waals surface area contributed by atoms with E-state index in [2.05, 4.69) is 9.88 Å². The minimum absolute atomic E-state index is 0.415. The van der Waals surface area contributed by atoms with Crippen LogP contribution in [0, 0.1) is 0 Å². The Morgan fingerprint density at radius 3 is 2.82 bits per heavy atom. The van der Waals surface area contributed by atoms with Gasteiger partial charge in [0, 0.05) is 38.6 Å². The summed E-state index contributed by atoms with van der Waals surface area (Å²) >= 11 is 0. The van der Waals surface area contributed by atoms with E-state index in [1.165, 1.54) is 0 Å². The molecule has 0 aromatic carbocycles. The number of hydrogen-bond donors (Lipinski definition) is 1. The van der Waals surface area contributed by atoms with Gasteiger partial charge in [-0.1, -0.05) is 0 Å². The van der Waals surface area contributed by atoms with Crippen molar-refractivity contribution in [1.29, 1.82) is 0 Å². The highest BCUT2D eigenvalue weighted by Crippen LogP contribution is 2.13. The number of pyridine rings is 1. The number of carboxylic acid groups (broad SMARTS) is 1. The van der Waals surface area contributed by atoms with Gasteiger partial charge in [0.1, 0.15) is 6.04 Å². The molecular weight excluding hydrogens is 218 g/mol. The summed E-state index contributed by atoms with van der Waals surface area (Å²) in [5, 5.41) is 9.22. The number of rotatable bonds is 3. The van der Waals surface area contributed by atoms with Gasteiger partial charge in [-0.25, -0.2) is 0 Å². The minimum Gasteiger partial charge on any atom is -0.480 e. The molecule has 1 aromatic heterocycles. The number of aromatic nitrogens is 1. The lowest BCUT2D eigenvalue weighted by atomic mass is 10.1. The second-order valence-corrected chi connectivity index (χ2v) is 4.44. The maximum Gasteiger partial charge on any atom is 0.322 e. The van der Waals surface area contributed by atoms with E-state index in [4.69, 9.17) is 0 Å². The van der Waals surface area contributed by atoms with Gasteiger partial charge in [0.05, 0.1) is 0 Å². The maximum atomic E-state index is 11.2. The van der Waals surface area contributed by atoms with Crippen molar-refractivity contribution >= 4 is 5.97 Å². The molecule has 1 saturated heterocycles. The second kappa shape index (κ2) is 5.25. The molecule has 2 heterocycles. The largest absolute Gasteiger partial charge is 0.480 e. The van der Waals surface area contributed by atoms with Crippen molar-refractivity contribution in [1.82, 2.24) is 14.8 Å². The molecule has 1 unspecified atom stereocenters. The molecule has 1 aromatic rings. The fraction of sp³-hybridized carbons (Fsp3) is 0.500. The standard InChI is InChI=1S/C12H17N3O2/c1-14-6-7-15(11(9-14)12(16)17)8-10-2-4-13-5-3-10/h2-5,11H,6-9H2,1H3,(H,16,17). The summed E-state index contributed by atoms with van der Waals surface area (Å²) in [7, 11) is 1.96. The first-order valence-corrected chi connectivity index (χ1v) is 5.71. The van der Waals surface area contributed by atoms with Crippen LogP contribution in [0.25, 0.3) is 0 Å². The van der Waals surface area contributed by atoms with Gasteiger partial charge in [0.15, 0.2) is 0 Å². The summed E-state index contributed by atoms with van der Waals surface area (Å²) in [5.74, 6) is -0.745. The number of likely N-dealkylation sites (N-methyl/N-ethyl adjacent to an activating group) is 1. The second-order valence-electron chi connectivity index (χ2n) is 4.44. The molecule has 1 N–H and O–H groups in total. The molecule has 92 valence electrons. The molecule has 1 aliphatic rings. The van der Waals surface area contributed by atoms with Gasteiger partial charge in [-0.05, 0) is 24.7 Å². The highest BCUT2D eigenvalue weighted by atomic mass is 16.4. The van der Waals surface area contributed by atoms with Gasteiger partial charge in [-0.2, -0.15) is 0 Å². The van der Waals surface area contributed by atoms with Crippen LogP contribution in [-0.2, 0) is 11.3 Å². The third kappa shape index (κ3) is 3.01. The van der Waals surface area contributed by atoms with Crippen LogP contribution in [0.15, 0.2) is 24.5 Å². The van der Waals surface area contributed by atoms with Crippen molar-refractivity contribution in [2.45, 2.75) is 12.6 Å². The Bertz CT molecular complexity index is 383. The van der Waals surface area contributed by atoms with Gasteiger partial charge in [-0.3, -0.25) is 14.7 Å². The third-order valence-electron chi connectivity index (χ3n) is 3.11. The summed E-state index contributed by atoms with van der Waals surface area (Å²) in [6.45, 7) is 2.96. The van der Waals surface area contributed by atoms with E-state index in [1.54, 1.807) is 12.4 Å². The van der Waals surface area contributed by atoms with Crippen molar-refractivity contribution in [3.63, 3.8) is 0 Å². The smallest absolute Gasteiger partial charge is 0.322 e. The lowest BCUT2D eigenvalue weighted by Gasteiger charge is -2.37. The molecule has 0 radical (unpaired) electrons. The van der Waals surface area contributed by atoms with Crippen LogP contribution in [0.4, 0.5) is 0 Å². The van der Waals surface area contributed by atoms with E-state index in [9.17, 15) is 9.90 Å². The number of nitrogens with zero attached hydrogens (tertiary/aromatic N) is 3. The maximum absolute atomic E-state index is 11.2. The minimum atomic E-state index is -0.745. The Morgan fingerprint density at radius 2 is 2.18 bits per heavy atom. The molecule has 1 aliphatic heterocycles. The van der Waals surface area contributed by atoms with Crippen molar-refractivity contribution in [2.75, 3.05) is 26.7 Å². The molecule has 1 atom stereocenters. The van der Waals surface area contributed by atoms with Crippen molar-refractivity contribution in [3.05, 3.63) is 30.1 Å². The molecule has 0 amide bonds. The zero-order valence-electron chi connectivity index (χ0n) is 9.91. The van der Waals surface area contributed by atoms with Crippen LogP contribution in [0.5, 0.6) is 0 Å². The molecule has 5 nitrogen and oxygen atoms in total. The fourth-order valence-electron chi connectivity index (χ4n) is 2.10. The zero-order valence-corrected chi connectivity index (χ0v) is 9.91. The third-order valence-corrected chi connectivity index (χ3v) is 3.11. The molecule has 2 rings (SSSR count). The molecule has 0 bridgehead atoms. The highest BCUT2D eigenvalue weighted by Gasteiger charge is 2.30. The average Bonchev–Trinajstić information content (AvgIpc) is 2.32.